The van der Waals surface area contributed by atoms with E-state index < -0.39 is 23.7 Å². The second-order valence-corrected chi connectivity index (χ2v) is 7.83. The molecular weight excluding hydrogens is 429 g/mol. The van der Waals surface area contributed by atoms with Gasteiger partial charge in [0.2, 0.25) is 5.91 Å². The third kappa shape index (κ3) is 4.70. The van der Waals surface area contributed by atoms with Crippen molar-refractivity contribution in [2.24, 2.45) is 10.8 Å². The van der Waals surface area contributed by atoms with Crippen molar-refractivity contribution < 1.29 is 23.5 Å². The molecule has 2 aliphatic rings. The molecule has 3 amide bonds. The molecule has 0 aliphatic carbocycles. The van der Waals surface area contributed by atoms with Gasteiger partial charge in [0.25, 0.3) is 11.8 Å². The molecule has 3 N–H and O–H groups in total. The number of anilines is 2. The van der Waals surface area contributed by atoms with Crippen LogP contribution < -0.4 is 16.1 Å². The van der Waals surface area contributed by atoms with Gasteiger partial charge in [0.05, 0.1) is 18.9 Å². The number of hydrazone groups is 1. The number of benzene rings is 2. The maximum absolute atomic E-state index is 13.3. The van der Waals surface area contributed by atoms with Crippen molar-refractivity contribution in [3.05, 3.63) is 59.4 Å². The number of halogens is 1. The van der Waals surface area contributed by atoms with E-state index in [0.29, 0.717) is 48.8 Å². The lowest BCUT2D eigenvalue weighted by Crippen LogP contribution is -2.41. The Morgan fingerprint density at radius 3 is 2.48 bits per heavy atom. The molecular formula is C23H24FN5O4. The summed E-state index contributed by atoms with van der Waals surface area (Å²) in [5.74, 6) is -1.72. The fourth-order valence-electron chi connectivity index (χ4n) is 3.83. The molecule has 0 saturated carbocycles. The molecule has 0 aromatic heterocycles. The van der Waals surface area contributed by atoms with E-state index in [9.17, 15) is 18.8 Å². The molecule has 1 unspecified atom stereocenters. The van der Waals surface area contributed by atoms with Crippen molar-refractivity contribution in [2.75, 3.05) is 36.6 Å². The molecule has 33 heavy (non-hydrogen) atoms. The third-order valence-electron chi connectivity index (χ3n) is 5.70. The van der Waals surface area contributed by atoms with Crippen LogP contribution in [0.25, 0.3) is 0 Å². The highest BCUT2D eigenvalue weighted by atomic mass is 19.1. The summed E-state index contributed by atoms with van der Waals surface area (Å²) < 4.78 is 18.6. The van der Waals surface area contributed by atoms with Crippen LogP contribution in [0.4, 0.5) is 15.8 Å². The topological polar surface area (TPSA) is 117 Å². The van der Waals surface area contributed by atoms with Crippen molar-refractivity contribution in [1.82, 2.24) is 4.90 Å². The van der Waals surface area contributed by atoms with Gasteiger partial charge in [-0.3, -0.25) is 19.4 Å². The number of morpholine rings is 1. The van der Waals surface area contributed by atoms with E-state index in [0.717, 1.165) is 0 Å². The molecule has 9 nitrogen and oxygen atoms in total. The molecule has 172 valence electrons. The lowest BCUT2D eigenvalue weighted by atomic mass is 10.0. The summed E-state index contributed by atoms with van der Waals surface area (Å²) in [7, 11) is 0. The van der Waals surface area contributed by atoms with E-state index >= 15 is 0 Å². The van der Waals surface area contributed by atoms with Crippen LogP contribution in [0.1, 0.15) is 22.3 Å². The molecule has 2 heterocycles. The van der Waals surface area contributed by atoms with Crippen molar-refractivity contribution in [2.45, 2.75) is 19.4 Å². The average molecular weight is 453 g/mol. The molecule has 1 fully saturated rings. The van der Waals surface area contributed by atoms with Gasteiger partial charge in [-0.1, -0.05) is 6.07 Å². The molecule has 4 rings (SSSR count). The zero-order chi connectivity index (χ0) is 23.5. The number of hydrogen-bond acceptors (Lipinski definition) is 6. The quantitative estimate of drug-likeness (QED) is 0.714. The summed E-state index contributed by atoms with van der Waals surface area (Å²) >= 11 is 0. The van der Waals surface area contributed by atoms with Crippen LogP contribution in [-0.4, -0.2) is 60.7 Å². The summed E-state index contributed by atoms with van der Waals surface area (Å²) in [5, 5.41) is 8.38. The van der Waals surface area contributed by atoms with Crippen LogP contribution in [0.3, 0.4) is 0 Å². The Balaban J connectivity index is 1.54. The Labute approximate surface area is 190 Å². The van der Waals surface area contributed by atoms with E-state index in [1.165, 1.54) is 29.3 Å². The van der Waals surface area contributed by atoms with Crippen molar-refractivity contribution >= 4 is 34.8 Å². The highest BCUT2D eigenvalue weighted by Crippen LogP contribution is 2.26. The predicted molar refractivity (Wildman–Crippen MR) is 120 cm³/mol. The molecule has 0 spiro atoms. The predicted octanol–water partition coefficient (Wildman–Crippen LogP) is 1.67. The fraction of sp³-hybridized carbons (Fsp3) is 0.304. The second kappa shape index (κ2) is 9.37. The van der Waals surface area contributed by atoms with Gasteiger partial charge in [0.15, 0.2) is 0 Å². The van der Waals surface area contributed by atoms with Gasteiger partial charge in [-0.15, -0.1) is 0 Å². The van der Waals surface area contributed by atoms with Crippen LogP contribution in [0, 0.1) is 12.7 Å². The number of ether oxygens (including phenoxy) is 1. The van der Waals surface area contributed by atoms with Crippen LogP contribution in [0.2, 0.25) is 0 Å². The van der Waals surface area contributed by atoms with Crippen molar-refractivity contribution in [3.63, 3.8) is 0 Å². The number of amides is 3. The average Bonchev–Trinajstić information content (AvgIpc) is 3.27. The zero-order valence-electron chi connectivity index (χ0n) is 18.1. The summed E-state index contributed by atoms with van der Waals surface area (Å²) in [5.41, 5.74) is 7.64. The van der Waals surface area contributed by atoms with Gasteiger partial charge >= 0.3 is 0 Å². The van der Waals surface area contributed by atoms with E-state index in [2.05, 4.69) is 10.4 Å². The Bertz CT molecular complexity index is 1110. The maximum Gasteiger partial charge on any atom is 0.271 e. The number of carbonyl (C=O) groups is 3. The van der Waals surface area contributed by atoms with E-state index in [1.807, 2.05) is 0 Å². The van der Waals surface area contributed by atoms with E-state index in [-0.39, 0.29) is 18.0 Å². The molecule has 2 aromatic carbocycles. The summed E-state index contributed by atoms with van der Waals surface area (Å²) in [6, 6.07) is 9.64. The number of carbonyl (C=O) groups excluding carboxylic acids is 3. The monoisotopic (exact) mass is 453 g/mol. The highest BCUT2D eigenvalue weighted by Gasteiger charge is 2.35. The number of nitrogens with zero attached hydrogens (tertiary/aromatic N) is 3. The minimum absolute atomic E-state index is 0.00396. The van der Waals surface area contributed by atoms with Gasteiger partial charge in [0.1, 0.15) is 17.6 Å². The van der Waals surface area contributed by atoms with Gasteiger partial charge in [0, 0.05) is 30.8 Å². The molecule has 2 aromatic rings. The Kier molecular flexibility index (Phi) is 6.36. The third-order valence-corrected chi connectivity index (χ3v) is 5.70. The number of rotatable bonds is 5. The first-order chi connectivity index (χ1) is 15.8. The Hall–Kier alpha value is -3.79. The summed E-state index contributed by atoms with van der Waals surface area (Å²) in [4.78, 5) is 39.5. The molecule has 0 bridgehead atoms. The minimum Gasteiger partial charge on any atom is -0.378 e. The van der Waals surface area contributed by atoms with Crippen molar-refractivity contribution in [3.8, 4) is 0 Å². The maximum atomic E-state index is 13.3. The molecule has 1 saturated heterocycles. The lowest BCUT2D eigenvalue weighted by molar-refractivity contribution is -0.119. The van der Waals surface area contributed by atoms with Crippen LogP contribution in [-0.2, 0) is 14.3 Å². The van der Waals surface area contributed by atoms with Gasteiger partial charge in [-0.05, 0) is 48.9 Å². The molecule has 2 aliphatic heterocycles. The standard InChI is InChI=1S/C23H24FN5O4/c1-14-17(23(32)28-9-11-33-12-10-28)3-2-4-18(14)26-22(31)19-13-20(21(25)30)29(27-19)16-7-5-15(24)6-8-16/h2-8,20H,9-13H2,1H3,(H2,25,30)(H,26,31). The molecule has 0 radical (unpaired) electrons. The normalized spacial score (nSPS) is 18.1. The van der Waals surface area contributed by atoms with E-state index in [4.69, 9.17) is 10.5 Å². The Morgan fingerprint density at radius 2 is 1.82 bits per heavy atom. The fourth-order valence-corrected chi connectivity index (χ4v) is 3.83. The van der Waals surface area contributed by atoms with Crippen molar-refractivity contribution in [1.29, 1.82) is 0 Å². The highest BCUT2D eigenvalue weighted by molar-refractivity contribution is 6.44. The summed E-state index contributed by atoms with van der Waals surface area (Å²) in [6.45, 7) is 3.77. The first-order valence-corrected chi connectivity index (χ1v) is 10.5. The van der Waals surface area contributed by atoms with Gasteiger partial charge in [-0.2, -0.15) is 5.10 Å². The smallest absolute Gasteiger partial charge is 0.271 e. The molecule has 1 atom stereocenters. The second-order valence-electron chi connectivity index (χ2n) is 7.83. The van der Waals surface area contributed by atoms with Gasteiger partial charge in [-0.25, -0.2) is 4.39 Å². The number of hydrogen-bond donors (Lipinski definition) is 2. The number of primary amides is 1. The Morgan fingerprint density at radius 1 is 1.12 bits per heavy atom. The summed E-state index contributed by atoms with van der Waals surface area (Å²) in [6.07, 6.45) is 0.00396. The van der Waals surface area contributed by atoms with Crippen LogP contribution >= 0.6 is 0 Å². The molecule has 10 heteroatoms. The van der Waals surface area contributed by atoms with Crippen LogP contribution in [0.5, 0.6) is 0 Å². The SMILES string of the molecule is Cc1c(NC(=O)C2=NN(c3ccc(F)cc3)C(C(N)=O)C2)cccc1C(=O)N1CCOCC1. The van der Waals surface area contributed by atoms with Gasteiger partial charge < -0.3 is 20.7 Å². The first-order valence-electron chi connectivity index (χ1n) is 10.5. The largest absolute Gasteiger partial charge is 0.378 e. The van der Waals surface area contributed by atoms with E-state index in [1.54, 1.807) is 30.0 Å². The minimum atomic E-state index is -0.869. The first kappa shape index (κ1) is 22.4. The zero-order valence-corrected chi connectivity index (χ0v) is 18.1. The number of nitrogens with one attached hydrogen (secondary N) is 1. The van der Waals surface area contributed by atoms with Crippen LogP contribution in [0.15, 0.2) is 47.6 Å². The number of nitrogens with two attached hydrogens (primary N) is 1. The lowest BCUT2D eigenvalue weighted by Gasteiger charge is -2.27.